The van der Waals surface area contributed by atoms with Crippen molar-refractivity contribution in [2.75, 3.05) is 19.8 Å². The Balaban J connectivity index is 2.08. The van der Waals surface area contributed by atoms with Crippen molar-refractivity contribution >= 4 is 11.9 Å². The Hall–Kier alpha value is -2.75. The van der Waals surface area contributed by atoms with E-state index in [4.69, 9.17) is 14.2 Å². The summed E-state index contributed by atoms with van der Waals surface area (Å²) in [7, 11) is 0. The number of rotatable bonds is 10. The first-order valence-electron chi connectivity index (χ1n) is 9.02. The molecule has 138 valence electrons. The molecule has 0 radical (unpaired) electrons. The lowest BCUT2D eigenvalue weighted by atomic mass is 10.1. The molecule has 0 N–H and O–H groups in total. The lowest BCUT2D eigenvalue weighted by molar-refractivity contribution is 0.104. The van der Waals surface area contributed by atoms with Gasteiger partial charge in [-0.3, -0.25) is 4.79 Å². The Morgan fingerprint density at radius 2 is 1.58 bits per heavy atom. The lowest BCUT2D eigenvalue weighted by Crippen LogP contribution is -1.99. The molecule has 0 atom stereocenters. The number of ketones is 1. The third-order valence-electron chi connectivity index (χ3n) is 3.61. The molecule has 4 heteroatoms. The van der Waals surface area contributed by atoms with E-state index in [0.29, 0.717) is 36.9 Å². The second kappa shape index (κ2) is 10.3. The maximum Gasteiger partial charge on any atom is 0.185 e. The highest BCUT2D eigenvalue weighted by molar-refractivity contribution is 6.06. The number of carbonyl (C=O) groups is 1. The molecule has 2 rings (SSSR count). The summed E-state index contributed by atoms with van der Waals surface area (Å²) in [5.41, 5.74) is 1.51. The van der Waals surface area contributed by atoms with Crippen LogP contribution in [0.4, 0.5) is 0 Å². The lowest BCUT2D eigenvalue weighted by Gasteiger charge is -2.11. The van der Waals surface area contributed by atoms with Crippen molar-refractivity contribution in [2.24, 2.45) is 0 Å². The summed E-state index contributed by atoms with van der Waals surface area (Å²) < 4.78 is 16.7. The van der Waals surface area contributed by atoms with Crippen molar-refractivity contribution in [1.82, 2.24) is 0 Å². The molecule has 4 nitrogen and oxygen atoms in total. The molecule has 0 aromatic heterocycles. The standard InChI is InChI=1S/C22H26O4/c1-4-15-26-19-11-9-18(10-12-19)20(23)13-7-17-8-14-21(24-5-2)22(16-17)25-6-3/h7-14,16H,4-6,15H2,1-3H3/b13-7+. The summed E-state index contributed by atoms with van der Waals surface area (Å²) >= 11 is 0. The third kappa shape index (κ3) is 5.66. The number of allylic oxidation sites excluding steroid dienone is 1. The fourth-order valence-corrected chi connectivity index (χ4v) is 2.37. The molecule has 0 saturated carbocycles. The molecule has 0 fully saturated rings. The van der Waals surface area contributed by atoms with E-state index in [1.807, 2.05) is 44.2 Å². The molecular formula is C22H26O4. The van der Waals surface area contributed by atoms with Crippen LogP contribution >= 0.6 is 0 Å². The van der Waals surface area contributed by atoms with Crippen molar-refractivity contribution in [3.63, 3.8) is 0 Å². The molecule has 2 aromatic carbocycles. The summed E-state index contributed by atoms with van der Waals surface area (Å²) in [5.74, 6) is 2.11. The van der Waals surface area contributed by atoms with Crippen LogP contribution in [-0.2, 0) is 0 Å². The van der Waals surface area contributed by atoms with Crippen molar-refractivity contribution in [1.29, 1.82) is 0 Å². The van der Waals surface area contributed by atoms with Gasteiger partial charge < -0.3 is 14.2 Å². The predicted molar refractivity (Wildman–Crippen MR) is 104 cm³/mol. The predicted octanol–water partition coefficient (Wildman–Crippen LogP) is 5.17. The Morgan fingerprint density at radius 1 is 0.885 bits per heavy atom. The molecule has 0 amide bonds. The van der Waals surface area contributed by atoms with Gasteiger partial charge in [-0.1, -0.05) is 19.1 Å². The highest BCUT2D eigenvalue weighted by Crippen LogP contribution is 2.29. The number of hydrogen-bond acceptors (Lipinski definition) is 4. The largest absolute Gasteiger partial charge is 0.494 e. The fraction of sp³-hybridized carbons (Fsp3) is 0.318. The Morgan fingerprint density at radius 3 is 2.23 bits per heavy atom. The Kier molecular flexibility index (Phi) is 7.75. The van der Waals surface area contributed by atoms with Crippen LogP contribution in [0.5, 0.6) is 17.2 Å². The van der Waals surface area contributed by atoms with E-state index < -0.39 is 0 Å². The second-order valence-electron chi connectivity index (χ2n) is 5.64. The van der Waals surface area contributed by atoms with Crippen LogP contribution in [0.15, 0.2) is 48.5 Å². The molecule has 0 aliphatic rings. The van der Waals surface area contributed by atoms with Gasteiger partial charge in [0.15, 0.2) is 17.3 Å². The van der Waals surface area contributed by atoms with Crippen LogP contribution in [-0.4, -0.2) is 25.6 Å². The van der Waals surface area contributed by atoms with Gasteiger partial charge in [0.1, 0.15) is 5.75 Å². The van der Waals surface area contributed by atoms with Crippen LogP contribution in [0.2, 0.25) is 0 Å². The average molecular weight is 354 g/mol. The molecule has 0 unspecified atom stereocenters. The zero-order valence-corrected chi connectivity index (χ0v) is 15.7. The molecule has 2 aromatic rings. The van der Waals surface area contributed by atoms with E-state index in [0.717, 1.165) is 17.7 Å². The zero-order valence-electron chi connectivity index (χ0n) is 15.7. The maximum atomic E-state index is 12.3. The first kappa shape index (κ1) is 19.6. The minimum atomic E-state index is -0.0566. The average Bonchev–Trinajstić information content (AvgIpc) is 2.67. The molecular weight excluding hydrogens is 328 g/mol. The summed E-state index contributed by atoms with van der Waals surface area (Å²) in [6.45, 7) is 7.72. The molecule has 26 heavy (non-hydrogen) atoms. The number of ether oxygens (including phenoxy) is 3. The second-order valence-corrected chi connectivity index (χ2v) is 5.64. The van der Waals surface area contributed by atoms with E-state index in [1.165, 1.54) is 0 Å². The van der Waals surface area contributed by atoms with Gasteiger partial charge in [-0.05, 0) is 68.3 Å². The topological polar surface area (TPSA) is 44.8 Å². The normalized spacial score (nSPS) is 10.7. The molecule has 0 bridgehead atoms. The Bertz CT molecular complexity index is 732. The molecule has 0 heterocycles. The number of hydrogen-bond donors (Lipinski definition) is 0. The highest BCUT2D eigenvalue weighted by Gasteiger charge is 2.06. The molecule has 0 saturated heterocycles. The van der Waals surface area contributed by atoms with Crippen LogP contribution in [0, 0.1) is 0 Å². The summed E-state index contributed by atoms with van der Waals surface area (Å²) in [6.07, 6.45) is 4.30. The first-order chi connectivity index (χ1) is 12.7. The zero-order chi connectivity index (χ0) is 18.8. The van der Waals surface area contributed by atoms with E-state index in [1.54, 1.807) is 24.3 Å². The highest BCUT2D eigenvalue weighted by atomic mass is 16.5. The van der Waals surface area contributed by atoms with Gasteiger partial charge in [0.2, 0.25) is 0 Å². The quantitative estimate of drug-likeness (QED) is 0.436. The fourth-order valence-electron chi connectivity index (χ4n) is 2.37. The van der Waals surface area contributed by atoms with Crippen molar-refractivity contribution in [3.8, 4) is 17.2 Å². The van der Waals surface area contributed by atoms with Crippen LogP contribution in [0.25, 0.3) is 6.08 Å². The number of carbonyl (C=O) groups excluding carboxylic acids is 1. The molecule has 0 spiro atoms. The van der Waals surface area contributed by atoms with Gasteiger partial charge in [0.25, 0.3) is 0 Å². The minimum Gasteiger partial charge on any atom is -0.494 e. The number of benzene rings is 2. The van der Waals surface area contributed by atoms with E-state index in [-0.39, 0.29) is 5.78 Å². The van der Waals surface area contributed by atoms with Crippen molar-refractivity contribution in [3.05, 3.63) is 59.7 Å². The van der Waals surface area contributed by atoms with Gasteiger partial charge in [-0.25, -0.2) is 0 Å². The third-order valence-corrected chi connectivity index (χ3v) is 3.61. The summed E-state index contributed by atoms with van der Waals surface area (Å²) in [4.78, 5) is 12.3. The van der Waals surface area contributed by atoms with Crippen molar-refractivity contribution < 1.29 is 19.0 Å². The van der Waals surface area contributed by atoms with Gasteiger partial charge in [0, 0.05) is 5.56 Å². The SMILES string of the molecule is CCCOc1ccc(C(=O)/C=C/c2ccc(OCC)c(OCC)c2)cc1. The molecule has 0 aliphatic carbocycles. The van der Waals surface area contributed by atoms with E-state index >= 15 is 0 Å². The van der Waals surface area contributed by atoms with E-state index in [2.05, 4.69) is 6.92 Å². The van der Waals surface area contributed by atoms with Gasteiger partial charge in [0.05, 0.1) is 19.8 Å². The first-order valence-corrected chi connectivity index (χ1v) is 9.02. The van der Waals surface area contributed by atoms with Crippen molar-refractivity contribution in [2.45, 2.75) is 27.2 Å². The molecule has 0 aliphatic heterocycles. The van der Waals surface area contributed by atoms with Crippen LogP contribution in [0.1, 0.15) is 43.1 Å². The summed E-state index contributed by atoms with van der Waals surface area (Å²) in [6, 6.07) is 12.8. The smallest absolute Gasteiger partial charge is 0.185 e. The monoisotopic (exact) mass is 354 g/mol. The minimum absolute atomic E-state index is 0.0566. The van der Waals surface area contributed by atoms with E-state index in [9.17, 15) is 4.79 Å². The summed E-state index contributed by atoms with van der Waals surface area (Å²) in [5, 5.41) is 0. The van der Waals surface area contributed by atoms with Gasteiger partial charge >= 0.3 is 0 Å². The van der Waals surface area contributed by atoms with Crippen LogP contribution in [0.3, 0.4) is 0 Å². The Labute approximate surface area is 155 Å². The van der Waals surface area contributed by atoms with Crippen LogP contribution < -0.4 is 14.2 Å². The van der Waals surface area contributed by atoms with Gasteiger partial charge in [-0.15, -0.1) is 0 Å². The van der Waals surface area contributed by atoms with Gasteiger partial charge in [-0.2, -0.15) is 0 Å². The maximum absolute atomic E-state index is 12.3.